The number of pyridine rings is 1. The summed E-state index contributed by atoms with van der Waals surface area (Å²) in [7, 11) is 1.29. The Morgan fingerprint density at radius 2 is 2.21 bits per heavy atom. The van der Waals surface area contributed by atoms with Crippen LogP contribution in [0.25, 0.3) is 0 Å². The zero-order valence-electron chi connectivity index (χ0n) is 10.8. The number of imide groups is 1. The molecule has 0 radical (unpaired) electrons. The Balaban J connectivity index is 2.10. The van der Waals surface area contributed by atoms with Crippen LogP contribution in [0.5, 0.6) is 0 Å². The lowest BCUT2D eigenvalue weighted by molar-refractivity contribution is -0.140. The van der Waals surface area contributed by atoms with Gasteiger partial charge in [0.2, 0.25) is 11.8 Å². The molecule has 2 heterocycles. The zero-order chi connectivity index (χ0) is 14.0. The molecule has 0 spiro atoms. The van der Waals surface area contributed by atoms with Crippen molar-refractivity contribution in [3.63, 3.8) is 0 Å². The molecular weight excluding hydrogens is 248 g/mol. The van der Waals surface area contributed by atoms with Crippen molar-refractivity contribution >= 4 is 17.8 Å². The molecule has 2 amide bonds. The van der Waals surface area contributed by atoms with Gasteiger partial charge in [0.25, 0.3) is 0 Å². The minimum Gasteiger partial charge on any atom is -0.465 e. The monoisotopic (exact) mass is 262 g/mol. The van der Waals surface area contributed by atoms with Crippen molar-refractivity contribution in [2.24, 2.45) is 5.92 Å². The van der Waals surface area contributed by atoms with Gasteiger partial charge in [-0.05, 0) is 12.1 Å². The molecule has 0 N–H and O–H groups in total. The van der Waals surface area contributed by atoms with Crippen LogP contribution in [-0.2, 0) is 20.9 Å². The molecule has 6 nitrogen and oxygen atoms in total. The lowest BCUT2D eigenvalue weighted by atomic mass is 10.1. The number of aromatic nitrogens is 1. The predicted molar refractivity (Wildman–Crippen MR) is 64.9 cm³/mol. The molecule has 6 heteroatoms. The van der Waals surface area contributed by atoms with Gasteiger partial charge in [-0.25, -0.2) is 4.79 Å². The Kier molecular flexibility index (Phi) is 3.59. The van der Waals surface area contributed by atoms with Crippen LogP contribution >= 0.6 is 0 Å². The quantitative estimate of drug-likeness (QED) is 0.594. The normalized spacial score (nSPS) is 18.8. The van der Waals surface area contributed by atoms with Gasteiger partial charge in [0.05, 0.1) is 24.9 Å². The Hall–Kier alpha value is -2.24. The molecule has 0 aliphatic carbocycles. The molecule has 19 heavy (non-hydrogen) atoms. The van der Waals surface area contributed by atoms with E-state index in [1.54, 1.807) is 19.1 Å². The number of carbonyl (C=O) groups excluding carboxylic acids is 3. The summed E-state index contributed by atoms with van der Waals surface area (Å²) in [5.74, 6) is -1.09. The fraction of sp³-hybridized carbons (Fsp3) is 0.385. The lowest BCUT2D eigenvalue weighted by Gasteiger charge is -2.13. The highest BCUT2D eigenvalue weighted by molar-refractivity contribution is 6.03. The van der Waals surface area contributed by atoms with Crippen LogP contribution in [0.4, 0.5) is 0 Å². The van der Waals surface area contributed by atoms with Crippen LogP contribution in [0.15, 0.2) is 18.3 Å². The fourth-order valence-electron chi connectivity index (χ4n) is 1.93. The molecular formula is C13H14N2O4. The number of ether oxygens (including phenoxy) is 1. The first-order valence-electron chi connectivity index (χ1n) is 5.90. The molecule has 1 aromatic heterocycles. The van der Waals surface area contributed by atoms with E-state index in [4.69, 9.17) is 0 Å². The molecule has 1 aliphatic rings. The summed E-state index contributed by atoms with van der Waals surface area (Å²) in [5.41, 5.74) is 0.891. The standard InChI is InChI=1S/C13H14N2O4/c1-8-5-11(16)15(12(8)17)7-10-4-3-9(6-14-10)13(18)19-2/h3-4,6,8H,5,7H2,1-2H3. The average Bonchev–Trinajstić information content (AvgIpc) is 2.65. The van der Waals surface area contributed by atoms with Gasteiger partial charge >= 0.3 is 5.97 Å². The Morgan fingerprint density at radius 1 is 1.47 bits per heavy atom. The van der Waals surface area contributed by atoms with Crippen molar-refractivity contribution in [2.45, 2.75) is 19.9 Å². The summed E-state index contributed by atoms with van der Waals surface area (Å²) < 4.78 is 4.56. The third-order valence-electron chi connectivity index (χ3n) is 3.04. The number of nitrogens with zero attached hydrogens (tertiary/aromatic N) is 2. The second-order valence-corrected chi connectivity index (χ2v) is 4.45. The summed E-state index contributed by atoms with van der Waals surface area (Å²) in [6.45, 7) is 1.87. The molecule has 0 bridgehead atoms. The molecule has 1 aromatic rings. The SMILES string of the molecule is COC(=O)c1ccc(CN2C(=O)CC(C)C2=O)nc1. The van der Waals surface area contributed by atoms with E-state index < -0.39 is 5.97 Å². The Labute approximate surface area is 110 Å². The summed E-state index contributed by atoms with van der Waals surface area (Å²) in [6, 6.07) is 3.17. The van der Waals surface area contributed by atoms with Crippen molar-refractivity contribution in [3.05, 3.63) is 29.6 Å². The maximum Gasteiger partial charge on any atom is 0.339 e. The van der Waals surface area contributed by atoms with Crippen LogP contribution in [0, 0.1) is 5.92 Å². The number of carbonyl (C=O) groups is 3. The van der Waals surface area contributed by atoms with E-state index in [2.05, 4.69) is 9.72 Å². The number of hydrogen-bond donors (Lipinski definition) is 0. The molecule has 1 aliphatic heterocycles. The molecule has 2 rings (SSSR count). The van der Waals surface area contributed by atoms with Crippen molar-refractivity contribution in [1.82, 2.24) is 9.88 Å². The first kappa shape index (κ1) is 13.2. The molecule has 100 valence electrons. The van der Waals surface area contributed by atoms with Gasteiger partial charge in [-0.15, -0.1) is 0 Å². The van der Waals surface area contributed by atoms with Crippen LogP contribution in [0.1, 0.15) is 29.4 Å². The van der Waals surface area contributed by atoms with E-state index in [0.717, 1.165) is 0 Å². The summed E-state index contributed by atoms with van der Waals surface area (Å²) in [5, 5.41) is 0. The Bertz CT molecular complexity index is 524. The molecule has 0 saturated carbocycles. The highest BCUT2D eigenvalue weighted by Crippen LogP contribution is 2.20. The van der Waals surface area contributed by atoms with Gasteiger partial charge < -0.3 is 4.74 Å². The highest BCUT2D eigenvalue weighted by atomic mass is 16.5. The number of hydrogen-bond acceptors (Lipinski definition) is 5. The van der Waals surface area contributed by atoms with E-state index in [9.17, 15) is 14.4 Å². The predicted octanol–water partition coefficient (Wildman–Crippen LogP) is 0.763. The van der Waals surface area contributed by atoms with Gasteiger partial charge in [0.1, 0.15) is 0 Å². The first-order chi connectivity index (χ1) is 9.02. The number of esters is 1. The Morgan fingerprint density at radius 3 is 2.68 bits per heavy atom. The lowest BCUT2D eigenvalue weighted by Crippen LogP contribution is -2.30. The van der Waals surface area contributed by atoms with Crippen molar-refractivity contribution in [2.75, 3.05) is 7.11 Å². The van der Waals surface area contributed by atoms with Crippen molar-refractivity contribution in [1.29, 1.82) is 0 Å². The van der Waals surface area contributed by atoms with Gasteiger partial charge in [0.15, 0.2) is 0 Å². The van der Waals surface area contributed by atoms with Crippen molar-refractivity contribution in [3.8, 4) is 0 Å². The van der Waals surface area contributed by atoms with Gasteiger partial charge in [-0.1, -0.05) is 6.92 Å². The number of likely N-dealkylation sites (tertiary alicyclic amines) is 1. The maximum absolute atomic E-state index is 11.7. The minimum atomic E-state index is -0.471. The third-order valence-corrected chi connectivity index (χ3v) is 3.04. The molecule has 0 aromatic carbocycles. The van der Waals surface area contributed by atoms with E-state index in [1.165, 1.54) is 18.2 Å². The van der Waals surface area contributed by atoms with E-state index in [-0.39, 0.29) is 30.7 Å². The second-order valence-electron chi connectivity index (χ2n) is 4.45. The summed E-state index contributed by atoms with van der Waals surface area (Å²) in [4.78, 5) is 39.9. The molecule has 1 atom stereocenters. The topological polar surface area (TPSA) is 76.6 Å². The van der Waals surface area contributed by atoms with Crippen LogP contribution in [-0.4, -0.2) is 34.8 Å². The zero-order valence-corrected chi connectivity index (χ0v) is 10.8. The van der Waals surface area contributed by atoms with E-state index >= 15 is 0 Å². The first-order valence-corrected chi connectivity index (χ1v) is 5.90. The molecule has 1 unspecified atom stereocenters. The third kappa shape index (κ3) is 2.62. The minimum absolute atomic E-state index is 0.142. The van der Waals surface area contributed by atoms with E-state index in [0.29, 0.717) is 11.3 Å². The second kappa shape index (κ2) is 5.17. The van der Waals surface area contributed by atoms with Gasteiger partial charge in [-0.2, -0.15) is 0 Å². The number of methoxy groups -OCH3 is 1. The number of amides is 2. The smallest absolute Gasteiger partial charge is 0.339 e. The number of rotatable bonds is 3. The fourth-order valence-corrected chi connectivity index (χ4v) is 1.93. The largest absolute Gasteiger partial charge is 0.465 e. The van der Waals surface area contributed by atoms with Crippen LogP contribution in [0.3, 0.4) is 0 Å². The molecule has 1 saturated heterocycles. The molecule has 1 fully saturated rings. The van der Waals surface area contributed by atoms with Gasteiger partial charge in [0, 0.05) is 18.5 Å². The van der Waals surface area contributed by atoms with Crippen molar-refractivity contribution < 1.29 is 19.1 Å². The highest BCUT2D eigenvalue weighted by Gasteiger charge is 2.35. The van der Waals surface area contributed by atoms with E-state index in [1.807, 2.05) is 0 Å². The maximum atomic E-state index is 11.7. The summed E-state index contributed by atoms with van der Waals surface area (Å²) >= 11 is 0. The van der Waals surface area contributed by atoms with Crippen LogP contribution in [0.2, 0.25) is 0 Å². The summed E-state index contributed by atoms with van der Waals surface area (Å²) in [6.07, 6.45) is 1.62. The van der Waals surface area contributed by atoms with Crippen LogP contribution < -0.4 is 0 Å². The van der Waals surface area contributed by atoms with Gasteiger partial charge in [-0.3, -0.25) is 19.5 Å². The average molecular weight is 262 g/mol.